The number of phenolic OH excluding ortho intramolecular Hbond substituents is 1. The van der Waals surface area contributed by atoms with Crippen LogP contribution in [-0.2, 0) is 6.61 Å². The van der Waals surface area contributed by atoms with Gasteiger partial charge in [0, 0.05) is 6.07 Å². The number of fused-ring (bicyclic) bond motifs is 1. The zero-order valence-electron chi connectivity index (χ0n) is 15.6. The van der Waals surface area contributed by atoms with Crippen molar-refractivity contribution in [1.29, 1.82) is 0 Å². The van der Waals surface area contributed by atoms with Crippen LogP contribution < -0.4 is 19.6 Å². The maximum atomic E-state index is 12.6. The van der Waals surface area contributed by atoms with Crippen molar-refractivity contribution in [3.63, 3.8) is 0 Å². The Labute approximate surface area is 166 Å². The van der Waals surface area contributed by atoms with Crippen LogP contribution in [0.15, 0.2) is 82.0 Å². The Hall–Kier alpha value is -3.93. The molecule has 6 nitrogen and oxygen atoms in total. The minimum absolute atomic E-state index is 0.00526. The summed E-state index contributed by atoms with van der Waals surface area (Å²) in [6, 6.07) is 21.2. The zero-order valence-corrected chi connectivity index (χ0v) is 15.6. The fraction of sp³-hybridized carbons (Fsp3) is 0.0870. The molecule has 0 fully saturated rings. The molecule has 4 rings (SSSR count). The molecular formula is C23H18O6. The monoisotopic (exact) mass is 390 g/mol. The Morgan fingerprint density at radius 1 is 0.966 bits per heavy atom. The summed E-state index contributed by atoms with van der Waals surface area (Å²) in [6.45, 7) is 0.257. The van der Waals surface area contributed by atoms with Gasteiger partial charge < -0.3 is 23.7 Å². The minimum atomic E-state index is -0.456. The normalized spacial score (nSPS) is 10.7. The molecule has 0 aliphatic rings. The van der Waals surface area contributed by atoms with E-state index in [1.54, 1.807) is 24.3 Å². The number of aromatic hydroxyl groups is 1. The topological polar surface area (TPSA) is 78.1 Å². The third kappa shape index (κ3) is 3.87. The lowest BCUT2D eigenvalue weighted by atomic mass is 10.1. The molecule has 0 saturated heterocycles. The van der Waals surface area contributed by atoms with Gasteiger partial charge in [0.25, 0.3) is 5.95 Å². The molecule has 0 aliphatic heterocycles. The largest absolute Gasteiger partial charge is 0.504 e. The van der Waals surface area contributed by atoms with E-state index in [0.717, 1.165) is 5.56 Å². The highest BCUT2D eigenvalue weighted by Crippen LogP contribution is 2.42. The number of ether oxygens (including phenoxy) is 3. The first-order valence-electron chi connectivity index (χ1n) is 8.93. The molecule has 0 bridgehead atoms. The summed E-state index contributed by atoms with van der Waals surface area (Å²) < 4.78 is 22.4. The van der Waals surface area contributed by atoms with Crippen molar-refractivity contribution in [2.45, 2.75) is 6.61 Å². The molecule has 6 heteroatoms. The molecule has 0 saturated carbocycles. The van der Waals surface area contributed by atoms with Crippen molar-refractivity contribution in [3.05, 3.63) is 88.6 Å². The molecule has 1 heterocycles. The summed E-state index contributed by atoms with van der Waals surface area (Å²) in [4.78, 5) is 12.6. The van der Waals surface area contributed by atoms with Crippen molar-refractivity contribution in [3.8, 4) is 28.9 Å². The van der Waals surface area contributed by atoms with E-state index in [1.165, 1.54) is 19.2 Å². The predicted octanol–water partition coefficient (Wildman–Crippen LogP) is 4.88. The van der Waals surface area contributed by atoms with Gasteiger partial charge in [0.05, 0.1) is 13.2 Å². The summed E-state index contributed by atoms with van der Waals surface area (Å²) >= 11 is 0. The smallest absolute Gasteiger partial charge is 0.294 e. The quantitative estimate of drug-likeness (QED) is 0.506. The summed E-state index contributed by atoms with van der Waals surface area (Å²) in [7, 11) is 1.39. The lowest BCUT2D eigenvalue weighted by Gasteiger charge is -2.14. The van der Waals surface area contributed by atoms with Crippen LogP contribution in [0.2, 0.25) is 0 Å². The van der Waals surface area contributed by atoms with Crippen LogP contribution >= 0.6 is 0 Å². The highest BCUT2D eigenvalue weighted by atomic mass is 16.6. The van der Waals surface area contributed by atoms with Crippen molar-refractivity contribution < 1.29 is 23.7 Å². The summed E-state index contributed by atoms with van der Waals surface area (Å²) in [5.41, 5.74) is 0.615. The van der Waals surface area contributed by atoms with Crippen molar-refractivity contribution in [2.24, 2.45) is 0 Å². The van der Waals surface area contributed by atoms with Gasteiger partial charge in [0.15, 0.2) is 11.5 Å². The minimum Gasteiger partial charge on any atom is -0.504 e. The maximum absolute atomic E-state index is 12.6. The van der Waals surface area contributed by atoms with E-state index >= 15 is 0 Å². The van der Waals surface area contributed by atoms with Gasteiger partial charge in [-0.1, -0.05) is 48.5 Å². The lowest BCUT2D eigenvalue weighted by Crippen LogP contribution is -2.04. The molecule has 0 unspecified atom stereocenters. The number of hydrogen-bond acceptors (Lipinski definition) is 6. The van der Waals surface area contributed by atoms with E-state index in [-0.39, 0.29) is 40.8 Å². The number of rotatable bonds is 6. The Kier molecular flexibility index (Phi) is 5.07. The number of phenols is 1. The predicted molar refractivity (Wildman–Crippen MR) is 108 cm³/mol. The molecule has 1 aromatic heterocycles. The Balaban J connectivity index is 1.74. The molecule has 3 aromatic carbocycles. The van der Waals surface area contributed by atoms with E-state index < -0.39 is 5.43 Å². The fourth-order valence-electron chi connectivity index (χ4n) is 2.93. The number of methoxy groups -OCH3 is 1. The molecule has 0 radical (unpaired) electrons. The van der Waals surface area contributed by atoms with Crippen LogP contribution in [0, 0.1) is 0 Å². The molecule has 146 valence electrons. The molecular weight excluding hydrogens is 372 g/mol. The number of para-hydroxylation sites is 1. The van der Waals surface area contributed by atoms with E-state index in [1.807, 2.05) is 36.4 Å². The zero-order chi connectivity index (χ0) is 20.2. The number of benzene rings is 3. The molecule has 0 aliphatic carbocycles. The average Bonchev–Trinajstić information content (AvgIpc) is 2.73. The van der Waals surface area contributed by atoms with Crippen LogP contribution in [0.4, 0.5) is 0 Å². The van der Waals surface area contributed by atoms with Gasteiger partial charge >= 0.3 is 0 Å². The first-order valence-corrected chi connectivity index (χ1v) is 8.93. The Morgan fingerprint density at radius 3 is 2.34 bits per heavy atom. The Bertz CT molecular complexity index is 1180. The van der Waals surface area contributed by atoms with Crippen LogP contribution in [0.5, 0.6) is 28.9 Å². The second-order valence-electron chi connectivity index (χ2n) is 6.25. The first-order chi connectivity index (χ1) is 14.2. The van der Waals surface area contributed by atoms with E-state index in [0.29, 0.717) is 5.75 Å². The molecule has 0 spiro atoms. The van der Waals surface area contributed by atoms with Gasteiger partial charge in [-0.3, -0.25) is 4.79 Å². The van der Waals surface area contributed by atoms with Crippen molar-refractivity contribution in [2.75, 3.05) is 7.11 Å². The first kappa shape index (κ1) is 18.4. The third-order valence-electron chi connectivity index (χ3n) is 4.29. The molecule has 0 amide bonds. The van der Waals surface area contributed by atoms with Gasteiger partial charge in [0.2, 0.25) is 11.2 Å². The Morgan fingerprint density at radius 2 is 1.66 bits per heavy atom. The second kappa shape index (κ2) is 7.98. The summed E-state index contributed by atoms with van der Waals surface area (Å²) in [5, 5.41) is 10.6. The van der Waals surface area contributed by atoms with Gasteiger partial charge in [-0.05, 0) is 17.7 Å². The third-order valence-corrected chi connectivity index (χ3v) is 4.29. The van der Waals surface area contributed by atoms with Gasteiger partial charge in [-0.2, -0.15) is 0 Å². The highest BCUT2D eigenvalue weighted by molar-refractivity contribution is 5.88. The summed E-state index contributed by atoms with van der Waals surface area (Å²) in [5.74, 6) is 0.507. The van der Waals surface area contributed by atoms with E-state index in [2.05, 4.69) is 0 Å². The van der Waals surface area contributed by atoms with Crippen molar-refractivity contribution in [1.82, 2.24) is 0 Å². The van der Waals surface area contributed by atoms with Crippen LogP contribution in [0.25, 0.3) is 11.0 Å². The molecule has 4 aromatic rings. The van der Waals surface area contributed by atoms with E-state index in [9.17, 15) is 9.90 Å². The van der Waals surface area contributed by atoms with Gasteiger partial charge in [-0.25, -0.2) is 0 Å². The summed E-state index contributed by atoms with van der Waals surface area (Å²) in [6.07, 6.45) is 0. The van der Waals surface area contributed by atoms with Gasteiger partial charge in [0.1, 0.15) is 23.3 Å². The molecule has 0 atom stereocenters. The van der Waals surface area contributed by atoms with Crippen LogP contribution in [0.1, 0.15) is 5.56 Å². The SMILES string of the molecule is COc1c(OCc2ccccc2)cc2oc(Oc3ccccc3)cc(=O)c2c1O. The highest BCUT2D eigenvalue weighted by Gasteiger charge is 2.20. The standard InChI is InChI=1S/C23H18O6/c1-26-23-19(27-14-15-8-4-2-5-9-15)13-18-21(22(23)25)17(24)12-20(29-18)28-16-10-6-3-7-11-16/h2-13,25H,14H2,1H3. The average molecular weight is 390 g/mol. The fourth-order valence-corrected chi connectivity index (χ4v) is 2.93. The lowest BCUT2D eigenvalue weighted by molar-refractivity contribution is 0.277. The maximum Gasteiger partial charge on any atom is 0.294 e. The number of hydrogen-bond donors (Lipinski definition) is 1. The van der Waals surface area contributed by atoms with E-state index in [4.69, 9.17) is 18.6 Å². The van der Waals surface area contributed by atoms with Gasteiger partial charge in [-0.15, -0.1) is 0 Å². The molecule has 29 heavy (non-hydrogen) atoms. The second-order valence-corrected chi connectivity index (χ2v) is 6.25. The van der Waals surface area contributed by atoms with Crippen molar-refractivity contribution >= 4 is 11.0 Å². The molecule has 1 N–H and O–H groups in total. The van der Waals surface area contributed by atoms with Crippen LogP contribution in [0.3, 0.4) is 0 Å². The van der Waals surface area contributed by atoms with Crippen LogP contribution in [-0.4, -0.2) is 12.2 Å².